The molecule has 0 fully saturated rings. The van der Waals surface area contributed by atoms with Gasteiger partial charge in [0.1, 0.15) is 0 Å². The predicted molar refractivity (Wildman–Crippen MR) is 62.5 cm³/mol. The number of ether oxygens (including phenoxy) is 2. The molecule has 0 radical (unpaired) electrons. The number of hydrogen-bond donors (Lipinski definition) is 1. The van der Waals surface area contributed by atoms with Crippen molar-refractivity contribution in [3.05, 3.63) is 0 Å². The Kier molecular flexibility index (Phi) is 7.34. The van der Waals surface area contributed by atoms with Crippen molar-refractivity contribution < 1.29 is 19.4 Å². The molecule has 0 amide bonds. The standard InChI is InChI=1S/C12H24O4/c1-10(2)12(3,11(13)14)6-9-16-8-5-7-15-4/h10H,5-9H2,1-4H3,(H,13,14). The van der Waals surface area contributed by atoms with Gasteiger partial charge >= 0.3 is 5.97 Å². The molecule has 0 saturated carbocycles. The van der Waals surface area contributed by atoms with Gasteiger partial charge in [0.05, 0.1) is 5.41 Å². The van der Waals surface area contributed by atoms with Gasteiger partial charge in [-0.15, -0.1) is 0 Å². The summed E-state index contributed by atoms with van der Waals surface area (Å²) in [5, 5.41) is 9.17. The highest BCUT2D eigenvalue weighted by Gasteiger charge is 2.36. The van der Waals surface area contributed by atoms with Crippen LogP contribution in [0.2, 0.25) is 0 Å². The normalized spacial score (nSPS) is 15.1. The molecule has 1 N–H and O–H groups in total. The first-order chi connectivity index (χ1) is 7.45. The molecule has 0 aromatic heterocycles. The van der Waals surface area contributed by atoms with E-state index in [0.29, 0.717) is 26.2 Å². The van der Waals surface area contributed by atoms with Crippen molar-refractivity contribution in [3.8, 4) is 0 Å². The van der Waals surface area contributed by atoms with Crippen LogP contribution in [0.4, 0.5) is 0 Å². The van der Waals surface area contributed by atoms with Gasteiger partial charge in [-0.1, -0.05) is 13.8 Å². The van der Waals surface area contributed by atoms with Crippen molar-refractivity contribution in [3.63, 3.8) is 0 Å². The lowest BCUT2D eigenvalue weighted by atomic mass is 9.77. The smallest absolute Gasteiger partial charge is 0.309 e. The molecule has 16 heavy (non-hydrogen) atoms. The zero-order chi connectivity index (χ0) is 12.6. The van der Waals surface area contributed by atoms with E-state index in [1.807, 2.05) is 13.8 Å². The van der Waals surface area contributed by atoms with Gasteiger partial charge in [-0.2, -0.15) is 0 Å². The lowest BCUT2D eigenvalue weighted by molar-refractivity contribution is -0.152. The Labute approximate surface area is 97.9 Å². The third-order valence-corrected chi connectivity index (χ3v) is 3.17. The van der Waals surface area contributed by atoms with Crippen molar-refractivity contribution in [1.29, 1.82) is 0 Å². The minimum atomic E-state index is -0.747. The molecule has 96 valence electrons. The molecule has 0 aliphatic carbocycles. The number of methoxy groups -OCH3 is 1. The molecule has 0 spiro atoms. The second-order valence-electron chi connectivity index (χ2n) is 4.59. The van der Waals surface area contributed by atoms with Crippen LogP contribution in [0.15, 0.2) is 0 Å². The van der Waals surface area contributed by atoms with E-state index in [9.17, 15) is 4.79 Å². The minimum Gasteiger partial charge on any atom is -0.481 e. The fourth-order valence-electron chi connectivity index (χ4n) is 1.33. The SMILES string of the molecule is COCCCOCCC(C)(C(=O)O)C(C)C. The molecule has 0 aromatic rings. The van der Waals surface area contributed by atoms with Crippen molar-refractivity contribution in [2.24, 2.45) is 11.3 Å². The maximum Gasteiger partial charge on any atom is 0.309 e. The second kappa shape index (κ2) is 7.63. The summed E-state index contributed by atoms with van der Waals surface area (Å²) in [6.07, 6.45) is 1.40. The van der Waals surface area contributed by atoms with E-state index >= 15 is 0 Å². The molecule has 0 rings (SSSR count). The van der Waals surface area contributed by atoms with Crippen LogP contribution in [0.5, 0.6) is 0 Å². The van der Waals surface area contributed by atoms with E-state index in [-0.39, 0.29) is 5.92 Å². The number of rotatable bonds is 9. The fraction of sp³-hybridized carbons (Fsp3) is 0.917. The maximum absolute atomic E-state index is 11.2. The molecule has 0 heterocycles. The van der Waals surface area contributed by atoms with Crippen molar-refractivity contribution in [2.75, 3.05) is 26.9 Å². The third-order valence-electron chi connectivity index (χ3n) is 3.17. The number of carbonyl (C=O) groups is 1. The van der Waals surface area contributed by atoms with Gasteiger partial charge < -0.3 is 14.6 Å². The van der Waals surface area contributed by atoms with E-state index in [1.54, 1.807) is 14.0 Å². The Balaban J connectivity index is 3.83. The molecule has 4 heteroatoms. The fourth-order valence-corrected chi connectivity index (χ4v) is 1.33. The van der Waals surface area contributed by atoms with Crippen LogP contribution in [0.3, 0.4) is 0 Å². The van der Waals surface area contributed by atoms with Crippen LogP contribution in [-0.2, 0) is 14.3 Å². The molecular formula is C12H24O4. The van der Waals surface area contributed by atoms with Crippen LogP contribution >= 0.6 is 0 Å². The van der Waals surface area contributed by atoms with E-state index < -0.39 is 11.4 Å². The first-order valence-corrected chi connectivity index (χ1v) is 5.75. The van der Waals surface area contributed by atoms with Crippen LogP contribution in [0.25, 0.3) is 0 Å². The van der Waals surface area contributed by atoms with Gasteiger partial charge in [-0.25, -0.2) is 0 Å². The Morgan fingerprint density at radius 2 is 1.94 bits per heavy atom. The summed E-state index contributed by atoms with van der Waals surface area (Å²) in [5.41, 5.74) is -0.693. The highest BCUT2D eigenvalue weighted by molar-refractivity contribution is 5.74. The molecule has 1 atom stereocenters. The van der Waals surface area contributed by atoms with Gasteiger partial charge in [0.25, 0.3) is 0 Å². The predicted octanol–water partition coefficient (Wildman–Crippen LogP) is 2.18. The van der Waals surface area contributed by atoms with Crippen LogP contribution in [0, 0.1) is 11.3 Å². The number of aliphatic carboxylic acids is 1. The highest BCUT2D eigenvalue weighted by Crippen LogP contribution is 2.31. The minimum absolute atomic E-state index is 0.104. The average Bonchev–Trinajstić information content (AvgIpc) is 2.22. The number of carboxylic acids is 1. The van der Waals surface area contributed by atoms with Gasteiger partial charge in [0, 0.05) is 26.9 Å². The lowest BCUT2D eigenvalue weighted by Gasteiger charge is -2.28. The van der Waals surface area contributed by atoms with Crippen LogP contribution in [-0.4, -0.2) is 38.0 Å². The molecule has 1 unspecified atom stereocenters. The Hall–Kier alpha value is -0.610. The molecular weight excluding hydrogens is 208 g/mol. The first kappa shape index (κ1) is 15.4. The van der Waals surface area contributed by atoms with E-state index in [4.69, 9.17) is 14.6 Å². The molecule has 0 bridgehead atoms. The van der Waals surface area contributed by atoms with Gasteiger partial charge in [-0.3, -0.25) is 4.79 Å². The average molecular weight is 232 g/mol. The largest absolute Gasteiger partial charge is 0.481 e. The van der Waals surface area contributed by atoms with E-state index in [2.05, 4.69) is 0 Å². The Morgan fingerprint density at radius 1 is 1.31 bits per heavy atom. The maximum atomic E-state index is 11.2. The van der Waals surface area contributed by atoms with Gasteiger partial charge in [0.15, 0.2) is 0 Å². The summed E-state index contributed by atoms with van der Waals surface area (Å²) in [4.78, 5) is 11.2. The molecule has 4 nitrogen and oxygen atoms in total. The topological polar surface area (TPSA) is 55.8 Å². The zero-order valence-corrected chi connectivity index (χ0v) is 10.8. The number of hydrogen-bond acceptors (Lipinski definition) is 3. The molecule has 0 aliphatic heterocycles. The Bertz CT molecular complexity index is 203. The first-order valence-electron chi connectivity index (χ1n) is 5.75. The second-order valence-corrected chi connectivity index (χ2v) is 4.59. The van der Waals surface area contributed by atoms with E-state index in [0.717, 1.165) is 6.42 Å². The molecule has 0 aromatic carbocycles. The molecule has 0 saturated heterocycles. The van der Waals surface area contributed by atoms with Gasteiger partial charge in [-0.05, 0) is 25.7 Å². The monoisotopic (exact) mass is 232 g/mol. The lowest BCUT2D eigenvalue weighted by Crippen LogP contribution is -2.34. The summed E-state index contributed by atoms with van der Waals surface area (Å²) < 4.78 is 10.3. The quantitative estimate of drug-likeness (QED) is 0.619. The summed E-state index contributed by atoms with van der Waals surface area (Å²) >= 11 is 0. The van der Waals surface area contributed by atoms with Crippen molar-refractivity contribution >= 4 is 5.97 Å². The summed E-state index contributed by atoms with van der Waals surface area (Å²) in [5.74, 6) is -0.643. The van der Waals surface area contributed by atoms with Crippen LogP contribution < -0.4 is 0 Å². The Morgan fingerprint density at radius 3 is 2.38 bits per heavy atom. The van der Waals surface area contributed by atoms with Crippen molar-refractivity contribution in [1.82, 2.24) is 0 Å². The van der Waals surface area contributed by atoms with E-state index in [1.165, 1.54) is 0 Å². The van der Waals surface area contributed by atoms with Crippen LogP contribution in [0.1, 0.15) is 33.6 Å². The summed E-state index contributed by atoms with van der Waals surface area (Å²) in [6.45, 7) is 7.43. The summed E-state index contributed by atoms with van der Waals surface area (Å²) in [6, 6.07) is 0. The van der Waals surface area contributed by atoms with Gasteiger partial charge in [0.2, 0.25) is 0 Å². The third kappa shape index (κ3) is 4.94. The summed E-state index contributed by atoms with van der Waals surface area (Å²) in [7, 11) is 1.65. The highest BCUT2D eigenvalue weighted by atomic mass is 16.5. The zero-order valence-electron chi connectivity index (χ0n) is 10.8. The van der Waals surface area contributed by atoms with Crippen molar-refractivity contribution in [2.45, 2.75) is 33.6 Å². The number of carboxylic acid groups (broad SMARTS) is 1. The molecule has 0 aliphatic rings.